The van der Waals surface area contributed by atoms with Gasteiger partial charge in [-0.3, -0.25) is 0 Å². The Labute approximate surface area is 127 Å². The van der Waals surface area contributed by atoms with E-state index in [4.69, 9.17) is 16.3 Å². The Kier molecular flexibility index (Phi) is 6.04. The van der Waals surface area contributed by atoms with Gasteiger partial charge in [0, 0.05) is 28.6 Å². The first-order valence-corrected chi connectivity index (χ1v) is 8.18. The SMILES string of the molecule is COc1ccccc1SCCNCc1ccc(Cl)s1. The van der Waals surface area contributed by atoms with Gasteiger partial charge in [0.05, 0.1) is 11.4 Å². The van der Waals surface area contributed by atoms with Crippen LogP contribution in [0.3, 0.4) is 0 Å². The van der Waals surface area contributed by atoms with E-state index in [0.717, 1.165) is 28.9 Å². The number of methoxy groups -OCH3 is 1. The van der Waals surface area contributed by atoms with Gasteiger partial charge in [-0.15, -0.1) is 23.1 Å². The zero-order valence-electron chi connectivity index (χ0n) is 10.7. The van der Waals surface area contributed by atoms with E-state index in [1.165, 1.54) is 9.77 Å². The second kappa shape index (κ2) is 7.80. The number of ether oxygens (including phenoxy) is 1. The van der Waals surface area contributed by atoms with Crippen molar-refractivity contribution in [3.05, 3.63) is 45.6 Å². The Hall–Kier alpha value is -0.680. The van der Waals surface area contributed by atoms with Crippen LogP contribution in [0.25, 0.3) is 0 Å². The largest absolute Gasteiger partial charge is 0.496 e. The van der Waals surface area contributed by atoms with Crippen molar-refractivity contribution in [3.8, 4) is 5.75 Å². The molecule has 0 aliphatic rings. The zero-order valence-corrected chi connectivity index (χ0v) is 13.1. The number of halogens is 1. The average molecular weight is 314 g/mol. The molecule has 1 N–H and O–H groups in total. The van der Waals surface area contributed by atoms with E-state index in [0.29, 0.717) is 0 Å². The molecule has 0 saturated carbocycles. The molecule has 0 aliphatic carbocycles. The number of rotatable bonds is 7. The summed E-state index contributed by atoms with van der Waals surface area (Å²) in [5.41, 5.74) is 0. The summed E-state index contributed by atoms with van der Waals surface area (Å²) in [6.07, 6.45) is 0. The maximum atomic E-state index is 5.89. The summed E-state index contributed by atoms with van der Waals surface area (Å²) >= 11 is 9.31. The van der Waals surface area contributed by atoms with Crippen LogP contribution in [0.5, 0.6) is 5.75 Å². The molecule has 1 aromatic heterocycles. The molecule has 19 heavy (non-hydrogen) atoms. The molecule has 5 heteroatoms. The third-order valence-corrected chi connectivity index (χ3v) is 4.82. The number of hydrogen-bond acceptors (Lipinski definition) is 4. The first kappa shape index (κ1) is 14.7. The summed E-state index contributed by atoms with van der Waals surface area (Å²) in [6, 6.07) is 12.1. The maximum absolute atomic E-state index is 5.89. The first-order valence-electron chi connectivity index (χ1n) is 6.00. The Morgan fingerprint density at radius 3 is 2.84 bits per heavy atom. The van der Waals surface area contributed by atoms with Crippen LogP contribution in [0.15, 0.2) is 41.3 Å². The van der Waals surface area contributed by atoms with Gasteiger partial charge in [-0.1, -0.05) is 23.7 Å². The van der Waals surface area contributed by atoms with Crippen molar-refractivity contribution in [1.29, 1.82) is 0 Å². The highest BCUT2D eigenvalue weighted by Gasteiger charge is 2.02. The molecule has 0 fully saturated rings. The van der Waals surface area contributed by atoms with Crippen LogP contribution in [0, 0.1) is 0 Å². The van der Waals surface area contributed by atoms with E-state index < -0.39 is 0 Å². The number of thioether (sulfide) groups is 1. The van der Waals surface area contributed by atoms with Gasteiger partial charge in [0.2, 0.25) is 0 Å². The van der Waals surface area contributed by atoms with Gasteiger partial charge < -0.3 is 10.1 Å². The lowest BCUT2D eigenvalue weighted by Gasteiger charge is -2.07. The van der Waals surface area contributed by atoms with Crippen LogP contribution < -0.4 is 10.1 Å². The van der Waals surface area contributed by atoms with E-state index >= 15 is 0 Å². The standard InChI is InChI=1S/C14H16ClNOS2/c1-17-12-4-2-3-5-13(12)18-9-8-16-10-11-6-7-14(15)19-11/h2-7,16H,8-10H2,1H3. The molecule has 102 valence electrons. The predicted octanol–water partition coefficient (Wildman–Crippen LogP) is 4.29. The van der Waals surface area contributed by atoms with Crippen molar-refractivity contribution in [3.63, 3.8) is 0 Å². The van der Waals surface area contributed by atoms with Crippen LogP contribution in [0.4, 0.5) is 0 Å². The number of thiophene rings is 1. The number of benzene rings is 1. The van der Waals surface area contributed by atoms with Gasteiger partial charge in [-0.2, -0.15) is 0 Å². The zero-order chi connectivity index (χ0) is 13.5. The average Bonchev–Trinajstić information content (AvgIpc) is 2.84. The minimum absolute atomic E-state index is 0.847. The van der Waals surface area contributed by atoms with Gasteiger partial charge >= 0.3 is 0 Å². The Bertz CT molecular complexity index is 516. The predicted molar refractivity (Wildman–Crippen MR) is 84.8 cm³/mol. The maximum Gasteiger partial charge on any atom is 0.132 e. The molecule has 0 amide bonds. The van der Waals surface area contributed by atoms with Crippen LogP contribution in [-0.4, -0.2) is 19.4 Å². The second-order valence-electron chi connectivity index (χ2n) is 3.88. The lowest BCUT2D eigenvalue weighted by Crippen LogP contribution is -2.15. The third kappa shape index (κ3) is 4.73. The lowest BCUT2D eigenvalue weighted by atomic mass is 10.3. The molecule has 0 atom stereocenters. The minimum atomic E-state index is 0.847. The first-order chi connectivity index (χ1) is 9.29. The molecule has 0 bridgehead atoms. The molecule has 0 aliphatic heterocycles. The second-order valence-corrected chi connectivity index (χ2v) is 6.82. The van der Waals surface area contributed by atoms with Crippen LogP contribution in [0.2, 0.25) is 4.34 Å². The van der Waals surface area contributed by atoms with Crippen molar-refractivity contribution in [2.24, 2.45) is 0 Å². The number of para-hydroxylation sites is 1. The molecule has 0 unspecified atom stereocenters. The van der Waals surface area contributed by atoms with Crippen LogP contribution in [0.1, 0.15) is 4.88 Å². The van der Waals surface area contributed by atoms with E-state index in [2.05, 4.69) is 17.4 Å². The molecule has 0 radical (unpaired) electrons. The highest BCUT2D eigenvalue weighted by Crippen LogP contribution is 2.28. The highest BCUT2D eigenvalue weighted by molar-refractivity contribution is 7.99. The molecule has 2 nitrogen and oxygen atoms in total. The van der Waals surface area contributed by atoms with Gasteiger partial charge in [-0.25, -0.2) is 0 Å². The smallest absolute Gasteiger partial charge is 0.132 e. The fourth-order valence-corrected chi connectivity index (χ4v) is 3.62. The van der Waals surface area contributed by atoms with Gasteiger partial charge in [-0.05, 0) is 24.3 Å². The molecule has 2 rings (SSSR count). The van der Waals surface area contributed by atoms with Crippen molar-refractivity contribution in [2.75, 3.05) is 19.4 Å². The summed E-state index contributed by atoms with van der Waals surface area (Å²) in [5.74, 6) is 1.96. The van der Waals surface area contributed by atoms with Crippen LogP contribution in [-0.2, 0) is 6.54 Å². The minimum Gasteiger partial charge on any atom is -0.496 e. The summed E-state index contributed by atoms with van der Waals surface area (Å²) in [6.45, 7) is 1.84. The molecule has 0 spiro atoms. The van der Waals surface area contributed by atoms with E-state index in [9.17, 15) is 0 Å². The van der Waals surface area contributed by atoms with E-state index in [1.807, 2.05) is 24.3 Å². The van der Waals surface area contributed by atoms with Gasteiger partial charge in [0.25, 0.3) is 0 Å². The molecule has 1 heterocycles. The molecule has 0 saturated heterocycles. The Balaban J connectivity index is 1.69. The van der Waals surface area contributed by atoms with Gasteiger partial charge in [0.1, 0.15) is 5.75 Å². The molecular formula is C14H16ClNOS2. The quantitative estimate of drug-likeness (QED) is 0.608. The van der Waals surface area contributed by atoms with Crippen molar-refractivity contribution in [1.82, 2.24) is 5.32 Å². The highest BCUT2D eigenvalue weighted by atomic mass is 35.5. The normalized spacial score (nSPS) is 10.6. The van der Waals surface area contributed by atoms with E-state index in [-0.39, 0.29) is 0 Å². The van der Waals surface area contributed by atoms with E-state index in [1.54, 1.807) is 30.2 Å². The fourth-order valence-electron chi connectivity index (χ4n) is 1.63. The molecular weight excluding hydrogens is 298 g/mol. The lowest BCUT2D eigenvalue weighted by molar-refractivity contribution is 0.405. The van der Waals surface area contributed by atoms with Crippen LogP contribution >= 0.6 is 34.7 Å². The molecule has 2 aromatic rings. The van der Waals surface area contributed by atoms with Crippen molar-refractivity contribution >= 4 is 34.7 Å². The fraction of sp³-hybridized carbons (Fsp3) is 0.286. The Morgan fingerprint density at radius 2 is 2.11 bits per heavy atom. The topological polar surface area (TPSA) is 21.3 Å². The third-order valence-electron chi connectivity index (χ3n) is 2.53. The summed E-state index contributed by atoms with van der Waals surface area (Å²) < 4.78 is 6.17. The van der Waals surface area contributed by atoms with Crippen molar-refractivity contribution in [2.45, 2.75) is 11.4 Å². The number of hydrogen-bond donors (Lipinski definition) is 1. The number of nitrogens with one attached hydrogen (secondary N) is 1. The van der Waals surface area contributed by atoms with Gasteiger partial charge in [0.15, 0.2) is 0 Å². The summed E-state index contributed by atoms with van der Waals surface area (Å²) in [7, 11) is 1.71. The van der Waals surface area contributed by atoms with Crippen molar-refractivity contribution < 1.29 is 4.74 Å². The summed E-state index contributed by atoms with van der Waals surface area (Å²) in [4.78, 5) is 2.46. The monoisotopic (exact) mass is 313 g/mol. The molecule has 1 aromatic carbocycles. The summed E-state index contributed by atoms with van der Waals surface area (Å²) in [5, 5.41) is 3.41. The Morgan fingerprint density at radius 1 is 1.26 bits per heavy atom.